The van der Waals surface area contributed by atoms with Gasteiger partial charge in [0.2, 0.25) is 11.5 Å². The average Bonchev–Trinajstić information content (AvgIpc) is 1.80. The number of rotatable bonds is 14. The van der Waals surface area contributed by atoms with Crippen LogP contribution in [-0.4, -0.2) is 148 Å². The molecule has 10 heterocycles. The van der Waals surface area contributed by atoms with Crippen LogP contribution >= 0.6 is 0 Å². The van der Waals surface area contributed by atoms with E-state index in [0.29, 0.717) is 78.7 Å². The molecular formula is C55H51B2F14N13O9. The molecule has 3 saturated heterocycles. The Kier molecular flexibility index (Phi) is 23.6. The van der Waals surface area contributed by atoms with Crippen molar-refractivity contribution in [1.82, 2.24) is 54.8 Å². The Morgan fingerprint density at radius 2 is 0.978 bits per heavy atom. The molecular weight excluding hydrogens is 1270 g/mol. The van der Waals surface area contributed by atoms with Gasteiger partial charge in [-0.1, -0.05) is 70.1 Å². The van der Waals surface area contributed by atoms with Crippen molar-refractivity contribution in [3.05, 3.63) is 196 Å². The maximum Gasteiger partial charge on any atom is 0.673 e. The normalized spacial score (nSPS) is 15.5. The molecule has 93 heavy (non-hydrogen) atoms. The fourth-order valence-corrected chi connectivity index (χ4v) is 8.70. The number of H-pyrrole nitrogens is 1. The van der Waals surface area contributed by atoms with Crippen LogP contribution in [0.5, 0.6) is 0 Å². The van der Waals surface area contributed by atoms with E-state index in [1.165, 1.54) is 52.4 Å². The number of hydrogen-bond acceptors (Lipinski definition) is 16. The Balaban J connectivity index is 0.000000172. The molecule has 10 aromatic rings. The number of esters is 2. The summed E-state index contributed by atoms with van der Waals surface area (Å²) in [5.41, 5.74) is 2.35. The SMILES string of the molecule is CCOC(=O)c1cc(-c2ccon2)n(Cc2ccccc2F)n1.CCOC(=O)c1nn(Cc2ccccc2F)c(-c2ccon2)c1F.F[B-](F)(F)F.F[B-](F)(F)F.O=c1[nH]c(-c2cc(-c3ccon3)n(Cc3ccccc3F)n2)ncc1F.O[N+]12CC[N+](F)(CC1)CC2. The maximum absolute atomic E-state index is 14.7. The van der Waals surface area contributed by atoms with Gasteiger partial charge in [0.05, 0.1) is 50.4 Å². The van der Waals surface area contributed by atoms with E-state index in [2.05, 4.69) is 40.7 Å². The van der Waals surface area contributed by atoms with Gasteiger partial charge < -0.3 is 62.6 Å². The highest BCUT2D eigenvalue weighted by molar-refractivity contribution is 6.50. The Bertz CT molecular complexity index is 4050. The highest BCUT2D eigenvalue weighted by atomic mass is 19.5. The average molecular weight is 1330 g/mol. The van der Waals surface area contributed by atoms with Crippen molar-refractivity contribution in [1.29, 1.82) is 0 Å². The van der Waals surface area contributed by atoms with Crippen molar-refractivity contribution in [3.63, 3.8) is 0 Å². The van der Waals surface area contributed by atoms with Crippen LogP contribution in [0.15, 0.2) is 146 Å². The molecule has 0 saturated carbocycles. The number of hydroxylamine groups is 3. The first-order valence-corrected chi connectivity index (χ1v) is 27.4. The van der Waals surface area contributed by atoms with E-state index in [-0.39, 0.29) is 82.4 Å². The minimum Gasteiger partial charge on any atom is -0.461 e. The molecule has 0 amide bonds. The van der Waals surface area contributed by atoms with E-state index >= 15 is 0 Å². The van der Waals surface area contributed by atoms with Crippen LogP contribution in [0.2, 0.25) is 0 Å². The molecule has 0 radical (unpaired) electrons. The molecule has 2 N–H and O–H groups in total. The highest BCUT2D eigenvalue weighted by Crippen LogP contribution is 2.29. The summed E-state index contributed by atoms with van der Waals surface area (Å²) in [6.07, 6.45) is 4.90. The van der Waals surface area contributed by atoms with E-state index in [1.807, 2.05) is 0 Å². The largest absolute Gasteiger partial charge is 0.673 e. The van der Waals surface area contributed by atoms with Crippen LogP contribution in [0, 0.1) is 29.1 Å². The predicted octanol–water partition coefficient (Wildman–Crippen LogP) is 11.1. The van der Waals surface area contributed by atoms with Crippen LogP contribution in [0.4, 0.5) is 61.0 Å². The van der Waals surface area contributed by atoms with Gasteiger partial charge in [0.15, 0.2) is 56.6 Å². The van der Waals surface area contributed by atoms with Gasteiger partial charge in [-0.15, -0.1) is 4.71 Å². The number of carbonyl (C=O) groups is 2. The number of fused-ring (bicyclic) bond motifs is 3. The number of halogens is 14. The third kappa shape index (κ3) is 20.4. The molecule has 3 fully saturated rings. The summed E-state index contributed by atoms with van der Waals surface area (Å²) in [6.45, 7) is 7.13. The molecule has 494 valence electrons. The van der Waals surface area contributed by atoms with Crippen LogP contribution in [-0.2, 0) is 29.1 Å². The molecule has 0 aliphatic carbocycles. The van der Waals surface area contributed by atoms with Gasteiger partial charge in [0, 0.05) is 41.0 Å². The molecule has 0 atom stereocenters. The number of aromatic nitrogens is 11. The maximum atomic E-state index is 14.7. The topological polar surface area (TPSA) is 250 Å². The van der Waals surface area contributed by atoms with Crippen molar-refractivity contribution in [2.24, 2.45) is 0 Å². The van der Waals surface area contributed by atoms with Crippen molar-refractivity contribution in [3.8, 4) is 45.7 Å². The summed E-state index contributed by atoms with van der Waals surface area (Å²) < 4.78 is 189. The van der Waals surface area contributed by atoms with Gasteiger partial charge in [0.1, 0.15) is 64.7 Å². The molecule has 2 bridgehead atoms. The van der Waals surface area contributed by atoms with Crippen LogP contribution < -0.4 is 5.56 Å². The lowest BCUT2D eigenvalue weighted by Crippen LogP contribution is -2.70. The van der Waals surface area contributed by atoms with Gasteiger partial charge in [-0.3, -0.25) is 18.8 Å². The second kappa shape index (κ2) is 31.2. The number of nitrogens with one attached hydrogen (secondary N) is 1. The van der Waals surface area contributed by atoms with Crippen LogP contribution in [0.25, 0.3) is 45.7 Å². The zero-order valence-electron chi connectivity index (χ0n) is 48.4. The van der Waals surface area contributed by atoms with Crippen LogP contribution in [0.3, 0.4) is 0 Å². The summed E-state index contributed by atoms with van der Waals surface area (Å²) in [6, 6.07) is 26.6. The minimum atomic E-state index is -6.00. The summed E-state index contributed by atoms with van der Waals surface area (Å²) in [5, 5.41) is 33.5. The summed E-state index contributed by atoms with van der Waals surface area (Å²) in [4.78, 5) is 41.4. The van der Waals surface area contributed by atoms with Crippen LogP contribution in [0.1, 0.15) is 51.5 Å². The zero-order chi connectivity index (χ0) is 67.7. The van der Waals surface area contributed by atoms with E-state index in [1.54, 1.807) is 92.7 Å². The number of quaternary nitrogens is 2. The quantitative estimate of drug-likeness (QED) is 0.0338. The molecule has 7 aromatic heterocycles. The summed E-state index contributed by atoms with van der Waals surface area (Å²) in [5.74, 6) is -4.40. The number of aromatic amines is 1. The van der Waals surface area contributed by atoms with Gasteiger partial charge in [-0.05, 0) is 42.6 Å². The molecule has 38 heteroatoms. The number of ether oxygens (including phenoxy) is 2. The number of carbonyl (C=O) groups excluding carboxylic acids is 2. The highest BCUT2D eigenvalue weighted by Gasteiger charge is 2.51. The fourth-order valence-electron chi connectivity index (χ4n) is 8.70. The van der Waals surface area contributed by atoms with E-state index in [9.17, 15) is 80.5 Å². The molecule has 22 nitrogen and oxygen atoms in total. The Labute approximate surface area is 515 Å². The first-order valence-electron chi connectivity index (χ1n) is 27.4. The number of benzene rings is 3. The number of piperazine rings is 3. The van der Waals surface area contributed by atoms with Gasteiger partial charge in [-0.25, -0.2) is 37.3 Å². The van der Waals surface area contributed by atoms with Crippen molar-refractivity contribution < 1.29 is 108 Å². The third-order valence-corrected chi connectivity index (χ3v) is 13.1. The molecule has 3 aliphatic rings. The zero-order valence-corrected chi connectivity index (χ0v) is 48.4. The van der Waals surface area contributed by atoms with Crippen molar-refractivity contribution in [2.45, 2.75) is 33.5 Å². The second-order valence-corrected chi connectivity index (χ2v) is 19.5. The van der Waals surface area contributed by atoms with Crippen molar-refractivity contribution in [2.75, 3.05) is 52.5 Å². The fraction of sp³-hybridized carbons (Fsp3) is 0.236. The smallest absolute Gasteiger partial charge is 0.461 e. The third-order valence-electron chi connectivity index (χ3n) is 13.1. The lowest BCUT2D eigenvalue weighted by molar-refractivity contribution is -1.21. The molecule has 3 aliphatic heterocycles. The van der Waals surface area contributed by atoms with Gasteiger partial charge in [0.25, 0.3) is 5.56 Å². The second-order valence-electron chi connectivity index (χ2n) is 19.5. The first kappa shape index (κ1) is 70.2. The number of nitrogens with zero attached hydrogens (tertiary/aromatic N) is 12. The lowest BCUT2D eigenvalue weighted by Gasteiger charge is -2.44. The van der Waals surface area contributed by atoms with Crippen molar-refractivity contribution >= 4 is 26.4 Å². The Morgan fingerprint density at radius 1 is 0.559 bits per heavy atom. The summed E-state index contributed by atoms with van der Waals surface area (Å²) >= 11 is 0. The molecule has 3 aromatic carbocycles. The van der Waals surface area contributed by atoms with Gasteiger partial charge >= 0.3 is 26.4 Å². The number of hydrogen-bond donors (Lipinski definition) is 2. The Hall–Kier alpha value is -10.2. The van der Waals surface area contributed by atoms with E-state index in [4.69, 9.17) is 23.0 Å². The monoisotopic (exact) mass is 1330 g/mol. The first-order chi connectivity index (χ1) is 44.0. The van der Waals surface area contributed by atoms with E-state index < -0.39 is 55.2 Å². The molecule has 0 spiro atoms. The minimum absolute atomic E-state index is 0.0740. The van der Waals surface area contributed by atoms with E-state index in [0.717, 1.165) is 10.9 Å². The van der Waals surface area contributed by atoms with Gasteiger partial charge in [-0.2, -0.15) is 24.3 Å². The standard InChI is InChI=1S/C17H11F2N5O2.C16H13F2N3O3.C16H14FN3O3.C6H13FN2O.2BF4/c18-11-4-2-1-3-10(11)9-24-15(13-5-6-26-23-13)7-14(22-24)16-20-8-12(19)17(25)21-16;1-2-23-16(22)14-13(18)15(12-7-8-24-20-12)21(19-14)9-10-5-3-4-6-11(10)17;1-2-22-16(21)14-9-15(13-7-8-23-19-13)20(18-14)10-11-5-3-4-6-12(11)17;7-8-1-4-9(10,5-2-8)6-3-8;2*2-1(3,4)5/h1-8H,9H2,(H,20,21,25);3-8H,2,9H2,1H3;3-9H,2,10H2,1H3;10H,1-6H2;;/q;;;+2;2*-1. The predicted molar refractivity (Wildman–Crippen MR) is 298 cm³/mol. The Morgan fingerprint density at radius 3 is 1.40 bits per heavy atom. The lowest BCUT2D eigenvalue weighted by atomic mass is 10.2. The summed E-state index contributed by atoms with van der Waals surface area (Å²) in [7, 11) is -12.0. The molecule has 0 unspecified atom stereocenters. The molecule has 13 rings (SSSR count).